The van der Waals surface area contributed by atoms with Gasteiger partial charge in [-0.15, -0.1) is 0 Å². The van der Waals surface area contributed by atoms with Gasteiger partial charge in [0.1, 0.15) is 6.10 Å². The third-order valence-corrected chi connectivity index (χ3v) is 4.50. The Kier molecular flexibility index (Phi) is 1.57. The van der Waals surface area contributed by atoms with E-state index in [9.17, 15) is 10.3 Å². The van der Waals surface area contributed by atoms with Crippen LogP contribution < -0.4 is 0 Å². The summed E-state index contributed by atoms with van der Waals surface area (Å²) < 4.78 is 0.973. The number of rotatable bonds is 0. The highest BCUT2D eigenvalue weighted by Gasteiger charge is 2.65. The standard InChI is InChI=1S/C10H17NO2/c1-9(2)7-4-5-11(13)10(9,3)8(12)6-7/h5,7-8,12H,4,6H2,1-3H3/t7-,8-,10+/m0/s1. The first-order chi connectivity index (χ1) is 5.90. The van der Waals surface area contributed by atoms with Gasteiger partial charge in [0.2, 0.25) is 5.54 Å². The summed E-state index contributed by atoms with van der Waals surface area (Å²) >= 11 is 0. The molecule has 1 aliphatic heterocycles. The molecule has 0 unspecified atom stereocenters. The molecular weight excluding hydrogens is 166 g/mol. The van der Waals surface area contributed by atoms with Gasteiger partial charge in [0.25, 0.3) is 0 Å². The van der Waals surface area contributed by atoms with Gasteiger partial charge in [0.15, 0.2) is 6.21 Å². The molecule has 1 fully saturated rings. The van der Waals surface area contributed by atoms with Crippen molar-refractivity contribution >= 4 is 6.21 Å². The first-order valence-corrected chi connectivity index (χ1v) is 4.88. The van der Waals surface area contributed by atoms with Crippen molar-refractivity contribution in [3.8, 4) is 0 Å². The Labute approximate surface area is 78.7 Å². The number of fused-ring (bicyclic) bond motifs is 2. The fourth-order valence-electron chi connectivity index (χ4n) is 2.87. The zero-order valence-corrected chi connectivity index (χ0v) is 8.45. The summed E-state index contributed by atoms with van der Waals surface area (Å²) in [5.74, 6) is 0.456. The summed E-state index contributed by atoms with van der Waals surface area (Å²) in [6, 6.07) is 0. The van der Waals surface area contributed by atoms with E-state index in [0.29, 0.717) is 5.92 Å². The Morgan fingerprint density at radius 3 is 2.62 bits per heavy atom. The quantitative estimate of drug-likeness (QED) is 0.452. The monoisotopic (exact) mass is 183 g/mol. The Morgan fingerprint density at radius 1 is 1.46 bits per heavy atom. The van der Waals surface area contributed by atoms with E-state index in [1.807, 2.05) is 6.92 Å². The average molecular weight is 183 g/mol. The molecule has 13 heavy (non-hydrogen) atoms. The highest BCUT2D eigenvalue weighted by molar-refractivity contribution is 5.54. The first-order valence-electron chi connectivity index (χ1n) is 4.88. The smallest absolute Gasteiger partial charge is 0.200 e. The summed E-state index contributed by atoms with van der Waals surface area (Å²) in [5.41, 5.74) is -0.696. The van der Waals surface area contributed by atoms with Crippen molar-refractivity contribution in [2.75, 3.05) is 0 Å². The maximum atomic E-state index is 11.7. The highest BCUT2D eigenvalue weighted by Crippen LogP contribution is 2.54. The number of hydrogen-bond acceptors (Lipinski definition) is 2. The van der Waals surface area contributed by atoms with Crippen LogP contribution in [0.3, 0.4) is 0 Å². The van der Waals surface area contributed by atoms with E-state index in [1.165, 1.54) is 0 Å². The summed E-state index contributed by atoms with van der Waals surface area (Å²) in [6.45, 7) is 6.05. The molecule has 1 saturated carbocycles. The minimum atomic E-state index is -0.615. The molecule has 2 rings (SSSR count). The van der Waals surface area contributed by atoms with Crippen LogP contribution in [-0.4, -0.2) is 27.7 Å². The van der Waals surface area contributed by atoms with E-state index in [1.54, 1.807) is 6.21 Å². The van der Waals surface area contributed by atoms with Crippen LogP contribution in [0.15, 0.2) is 0 Å². The molecule has 3 heteroatoms. The van der Waals surface area contributed by atoms with Crippen LogP contribution in [0.2, 0.25) is 0 Å². The van der Waals surface area contributed by atoms with E-state index in [2.05, 4.69) is 13.8 Å². The number of aliphatic hydroxyl groups is 1. The number of nitrogens with zero attached hydrogens (tertiary/aromatic N) is 1. The lowest BCUT2D eigenvalue weighted by atomic mass is 9.68. The van der Waals surface area contributed by atoms with Crippen LogP contribution >= 0.6 is 0 Å². The Hall–Kier alpha value is -0.570. The maximum absolute atomic E-state index is 11.7. The third kappa shape index (κ3) is 0.810. The number of hydrogen-bond donors (Lipinski definition) is 1. The van der Waals surface area contributed by atoms with Gasteiger partial charge in [-0.2, -0.15) is 0 Å². The van der Waals surface area contributed by atoms with Crippen LogP contribution in [0.4, 0.5) is 0 Å². The molecule has 2 aliphatic rings. The first kappa shape index (κ1) is 9.00. The molecule has 0 aromatic rings. The molecule has 0 radical (unpaired) electrons. The molecule has 2 bridgehead atoms. The van der Waals surface area contributed by atoms with E-state index >= 15 is 0 Å². The lowest BCUT2D eigenvalue weighted by Gasteiger charge is -2.42. The minimum absolute atomic E-state index is 0.0804. The Bertz CT molecular complexity index is 272. The SMILES string of the molecule is CC1(C)[C@H]2CC=[N+]([O-])[C@]1(C)[C@@H](O)C2. The van der Waals surface area contributed by atoms with Gasteiger partial charge in [-0.25, -0.2) is 4.74 Å². The lowest BCUT2D eigenvalue weighted by Crippen LogP contribution is -2.56. The van der Waals surface area contributed by atoms with Crippen LogP contribution in [0.5, 0.6) is 0 Å². The van der Waals surface area contributed by atoms with Gasteiger partial charge in [-0.1, -0.05) is 13.8 Å². The summed E-state index contributed by atoms with van der Waals surface area (Å²) in [4.78, 5) is 0. The van der Waals surface area contributed by atoms with E-state index in [0.717, 1.165) is 17.6 Å². The van der Waals surface area contributed by atoms with Gasteiger partial charge >= 0.3 is 0 Å². The second kappa shape index (κ2) is 2.27. The van der Waals surface area contributed by atoms with Crippen molar-refractivity contribution < 1.29 is 9.85 Å². The van der Waals surface area contributed by atoms with Gasteiger partial charge in [0, 0.05) is 18.8 Å². The molecule has 0 aromatic heterocycles. The van der Waals surface area contributed by atoms with Crippen molar-refractivity contribution in [3.05, 3.63) is 5.21 Å². The van der Waals surface area contributed by atoms with Crippen molar-refractivity contribution in [1.82, 2.24) is 0 Å². The van der Waals surface area contributed by atoms with Gasteiger partial charge < -0.3 is 10.3 Å². The Morgan fingerprint density at radius 2 is 2.08 bits per heavy atom. The fourth-order valence-corrected chi connectivity index (χ4v) is 2.87. The average Bonchev–Trinajstić information content (AvgIpc) is 2.19. The molecular formula is C10H17NO2. The molecule has 1 N–H and O–H groups in total. The molecule has 3 nitrogen and oxygen atoms in total. The predicted octanol–water partition coefficient (Wildman–Crippen LogP) is 1.14. The topological polar surface area (TPSA) is 46.3 Å². The van der Waals surface area contributed by atoms with Crippen LogP contribution in [0, 0.1) is 16.5 Å². The van der Waals surface area contributed by atoms with E-state index < -0.39 is 11.6 Å². The van der Waals surface area contributed by atoms with Crippen molar-refractivity contribution in [3.63, 3.8) is 0 Å². The highest BCUT2D eigenvalue weighted by atomic mass is 16.5. The maximum Gasteiger partial charge on any atom is 0.200 e. The summed E-state index contributed by atoms with van der Waals surface area (Å²) in [5, 5.41) is 21.6. The predicted molar refractivity (Wildman–Crippen MR) is 50.6 cm³/mol. The van der Waals surface area contributed by atoms with Crippen LogP contribution in [0.25, 0.3) is 0 Å². The molecule has 74 valence electrons. The fraction of sp³-hybridized carbons (Fsp3) is 0.900. The molecule has 1 heterocycles. The summed E-state index contributed by atoms with van der Waals surface area (Å²) in [7, 11) is 0. The normalized spacial score (nSPS) is 47.5. The van der Waals surface area contributed by atoms with Crippen molar-refractivity contribution in [2.24, 2.45) is 11.3 Å². The summed E-state index contributed by atoms with van der Waals surface area (Å²) in [6.07, 6.45) is 2.78. The van der Waals surface area contributed by atoms with E-state index in [4.69, 9.17) is 0 Å². The van der Waals surface area contributed by atoms with E-state index in [-0.39, 0.29) is 5.41 Å². The third-order valence-electron chi connectivity index (χ3n) is 4.50. The second-order valence-electron chi connectivity index (χ2n) is 5.06. The molecule has 0 spiro atoms. The molecule has 0 saturated heterocycles. The zero-order valence-electron chi connectivity index (χ0n) is 8.45. The second-order valence-corrected chi connectivity index (χ2v) is 5.06. The van der Waals surface area contributed by atoms with Gasteiger partial charge in [-0.05, 0) is 12.3 Å². The van der Waals surface area contributed by atoms with Gasteiger partial charge in [-0.3, -0.25) is 0 Å². The number of hydroxylamine groups is 1. The van der Waals surface area contributed by atoms with Gasteiger partial charge in [0.05, 0.1) is 0 Å². The molecule has 1 aliphatic carbocycles. The molecule has 0 aromatic carbocycles. The lowest BCUT2D eigenvalue weighted by molar-refractivity contribution is -0.576. The Balaban J connectivity index is 2.54. The van der Waals surface area contributed by atoms with Crippen LogP contribution in [-0.2, 0) is 0 Å². The van der Waals surface area contributed by atoms with Crippen molar-refractivity contribution in [1.29, 1.82) is 0 Å². The van der Waals surface area contributed by atoms with Crippen LogP contribution in [0.1, 0.15) is 33.6 Å². The molecule has 0 amide bonds. The number of aliphatic hydroxyl groups excluding tert-OH is 1. The van der Waals surface area contributed by atoms with Crippen molar-refractivity contribution in [2.45, 2.75) is 45.3 Å². The zero-order chi connectivity index (χ0) is 9.85. The largest absolute Gasteiger partial charge is 0.624 e. The minimum Gasteiger partial charge on any atom is -0.624 e. The molecule has 3 atom stereocenters.